The Labute approximate surface area is 240 Å². The van der Waals surface area contributed by atoms with E-state index in [4.69, 9.17) is 21.1 Å². The first-order valence-corrected chi connectivity index (χ1v) is 17.4. The number of esters is 1. The minimum absolute atomic E-state index is 0.108. The highest BCUT2D eigenvalue weighted by Gasteiger charge is 2.32. The van der Waals surface area contributed by atoms with E-state index in [1.807, 2.05) is 41.6 Å². The van der Waals surface area contributed by atoms with Crippen LogP contribution < -0.4 is 0 Å². The van der Waals surface area contributed by atoms with E-state index in [1.165, 1.54) is 0 Å². The summed E-state index contributed by atoms with van der Waals surface area (Å²) in [6.45, 7) is 10.8. The van der Waals surface area contributed by atoms with Gasteiger partial charge in [-0.15, -0.1) is 5.10 Å². The third kappa shape index (κ3) is 5.60. The van der Waals surface area contributed by atoms with Gasteiger partial charge in [-0.3, -0.25) is 4.35 Å². The summed E-state index contributed by atoms with van der Waals surface area (Å²) in [4.78, 5) is 12.9. The number of tetrazole rings is 1. The van der Waals surface area contributed by atoms with Gasteiger partial charge in [-0.05, 0) is 85.1 Å². The highest BCUT2D eigenvalue weighted by molar-refractivity contribution is 6.74. The topological polar surface area (TPSA) is 79.1 Å². The lowest BCUT2D eigenvalue weighted by atomic mass is 9.88. The number of carbonyl (C=O) groups is 1. The number of fused-ring (bicyclic) bond motifs is 1. The van der Waals surface area contributed by atoms with Gasteiger partial charge in [0.1, 0.15) is 5.76 Å². The fourth-order valence-corrected chi connectivity index (χ4v) is 6.38. The molecule has 5 rings (SSSR count). The molecule has 0 amide bonds. The number of carbonyl (C=O) groups excluding carboxylic acids is 1. The lowest BCUT2D eigenvalue weighted by Crippen LogP contribution is -2.34. The summed E-state index contributed by atoms with van der Waals surface area (Å²) in [5, 5.41) is 12.7. The highest BCUT2D eigenvalue weighted by Crippen LogP contribution is 2.42. The van der Waals surface area contributed by atoms with Crippen molar-refractivity contribution in [2.24, 2.45) is 0 Å². The van der Waals surface area contributed by atoms with Crippen molar-refractivity contribution in [1.82, 2.24) is 19.9 Å². The van der Waals surface area contributed by atoms with Gasteiger partial charge in [0.15, 0.2) is 19.6 Å². The third-order valence-corrected chi connectivity index (χ3v) is 8.57. The Morgan fingerprint density at radius 2 is 1.75 bits per heavy atom. The summed E-state index contributed by atoms with van der Waals surface area (Å²) in [6.07, 6.45) is 2.70. The van der Waals surface area contributed by atoms with E-state index >= 15 is 0 Å². The zero-order valence-corrected chi connectivity index (χ0v) is 25.1. The molecule has 0 saturated heterocycles. The minimum atomic E-state index is -1.80. The highest BCUT2D eigenvalue weighted by atomic mass is 35.5. The number of allylic oxidation sites excluding steroid dienone is 1. The van der Waals surface area contributed by atoms with Crippen LogP contribution >= 0.6 is 11.6 Å². The van der Waals surface area contributed by atoms with Gasteiger partial charge in [0.25, 0.3) is 0 Å². The van der Waals surface area contributed by atoms with Crippen LogP contribution in [0.4, 0.5) is 0 Å². The number of hydrogen-bond donors (Lipinski definition) is 0. The first-order valence-electron chi connectivity index (χ1n) is 13.5. The molecule has 0 saturated carbocycles. The number of benzene rings is 3. The Morgan fingerprint density at radius 3 is 2.42 bits per heavy atom. The molecule has 1 heterocycles. The van der Waals surface area contributed by atoms with Crippen molar-refractivity contribution in [1.29, 1.82) is 0 Å². The average molecular weight is 573 g/mol. The van der Waals surface area contributed by atoms with Gasteiger partial charge < -0.3 is 9.47 Å². The molecule has 0 aliphatic heterocycles. The van der Waals surface area contributed by atoms with Crippen molar-refractivity contribution >= 4 is 31.9 Å². The van der Waals surface area contributed by atoms with Crippen LogP contribution in [0.15, 0.2) is 72.5 Å². The number of alkyl halides is 1. The van der Waals surface area contributed by atoms with Gasteiger partial charge in [-0.2, -0.15) is 0 Å². The molecular formula is C31H33ClN4O3Si. The van der Waals surface area contributed by atoms with Crippen LogP contribution in [0.5, 0.6) is 0 Å². The molecule has 206 valence electrons. The molecule has 0 fully saturated rings. The number of rotatable bonds is 9. The van der Waals surface area contributed by atoms with Crippen LogP contribution in [0, 0.1) is 0 Å². The summed E-state index contributed by atoms with van der Waals surface area (Å²) in [7, 11) is -1.80. The fraction of sp³-hybridized carbons (Fsp3) is 0.290. The van der Waals surface area contributed by atoms with Crippen molar-refractivity contribution in [2.45, 2.75) is 51.4 Å². The molecule has 0 N–H and O–H groups in total. The number of ether oxygens (including phenoxy) is 2. The lowest BCUT2D eigenvalue weighted by Gasteiger charge is -2.20. The summed E-state index contributed by atoms with van der Waals surface area (Å²) in [5.41, 5.74) is 5.98. The summed E-state index contributed by atoms with van der Waals surface area (Å²) in [5.74, 6) is 1.11. The van der Waals surface area contributed by atoms with Crippen molar-refractivity contribution in [2.75, 3.05) is 6.61 Å². The van der Waals surface area contributed by atoms with Crippen LogP contribution in [0.3, 0.4) is 0 Å². The van der Waals surface area contributed by atoms with Crippen molar-refractivity contribution < 1.29 is 14.3 Å². The molecule has 4 aromatic rings. The Hall–Kier alpha value is -3.75. The Bertz CT molecular complexity index is 1560. The van der Waals surface area contributed by atoms with Gasteiger partial charge in [-0.1, -0.05) is 77.5 Å². The maximum absolute atomic E-state index is 12.9. The molecule has 3 aromatic carbocycles. The quantitative estimate of drug-likeness (QED) is 0.120. The normalized spacial score (nSPS) is 15.3. The molecule has 1 aromatic heterocycles. The second-order valence-corrected chi connectivity index (χ2v) is 16.2. The van der Waals surface area contributed by atoms with Crippen LogP contribution in [-0.2, 0) is 15.9 Å². The first kappa shape index (κ1) is 27.8. The molecule has 2 unspecified atom stereocenters. The molecule has 1 aliphatic rings. The van der Waals surface area contributed by atoms with E-state index in [2.05, 4.69) is 71.6 Å². The maximum Gasteiger partial charge on any atom is 0.339 e. The summed E-state index contributed by atoms with van der Waals surface area (Å²) < 4.78 is 13.4. The smallest absolute Gasteiger partial charge is 0.339 e. The van der Waals surface area contributed by atoms with Gasteiger partial charge in [0, 0.05) is 11.5 Å². The van der Waals surface area contributed by atoms with Crippen LogP contribution in [0.1, 0.15) is 46.8 Å². The van der Waals surface area contributed by atoms with E-state index in [1.54, 1.807) is 13.0 Å². The number of nitrogens with zero attached hydrogens (tertiary/aromatic N) is 4. The van der Waals surface area contributed by atoms with Crippen molar-refractivity contribution in [3.63, 3.8) is 0 Å². The molecule has 2 atom stereocenters. The zero-order valence-electron chi connectivity index (χ0n) is 23.4. The molecule has 0 bridgehead atoms. The molecule has 7 nitrogen and oxygen atoms in total. The van der Waals surface area contributed by atoms with Crippen molar-refractivity contribution in [3.8, 4) is 22.5 Å². The minimum Gasteiger partial charge on any atom is -0.498 e. The van der Waals surface area contributed by atoms with E-state index in [0.29, 0.717) is 18.6 Å². The molecular weight excluding hydrogens is 540 g/mol. The zero-order chi connectivity index (χ0) is 28.4. The summed E-state index contributed by atoms with van der Waals surface area (Å²) >= 11 is 5.97. The maximum atomic E-state index is 12.9. The predicted octanol–water partition coefficient (Wildman–Crippen LogP) is 7.15. The lowest BCUT2D eigenvalue weighted by molar-refractivity contribution is 0.0470. The number of halogens is 1. The van der Waals surface area contributed by atoms with E-state index < -0.39 is 19.8 Å². The largest absolute Gasteiger partial charge is 0.498 e. The van der Waals surface area contributed by atoms with Gasteiger partial charge in [0.2, 0.25) is 0 Å². The Kier molecular flexibility index (Phi) is 7.92. The van der Waals surface area contributed by atoms with Crippen LogP contribution in [0.2, 0.25) is 19.6 Å². The second-order valence-electron chi connectivity index (χ2n) is 10.8. The molecule has 1 aliphatic carbocycles. The van der Waals surface area contributed by atoms with Crippen LogP contribution in [0.25, 0.3) is 28.6 Å². The van der Waals surface area contributed by atoms with Gasteiger partial charge >= 0.3 is 5.97 Å². The summed E-state index contributed by atoms with van der Waals surface area (Å²) in [6, 6.07) is 22.4. The SMILES string of the molecule is CCOC1=Cc2cccc(C(=O)OC(C)Cl)c2C1Cc1ccc(-c2ccccc2-c2nnnn2[Si](C)(C)C)cc1. The van der Waals surface area contributed by atoms with Gasteiger partial charge in [0.05, 0.1) is 12.2 Å². The monoisotopic (exact) mass is 572 g/mol. The fourth-order valence-electron chi connectivity index (χ4n) is 5.19. The molecule has 40 heavy (non-hydrogen) atoms. The molecule has 0 spiro atoms. The predicted molar refractivity (Wildman–Crippen MR) is 161 cm³/mol. The van der Waals surface area contributed by atoms with Crippen molar-refractivity contribution in [3.05, 3.63) is 94.7 Å². The van der Waals surface area contributed by atoms with E-state index in [0.717, 1.165) is 45.0 Å². The molecule has 9 heteroatoms. The van der Waals surface area contributed by atoms with E-state index in [-0.39, 0.29) is 5.92 Å². The van der Waals surface area contributed by atoms with Crippen LogP contribution in [-0.4, -0.2) is 46.2 Å². The van der Waals surface area contributed by atoms with E-state index in [9.17, 15) is 4.79 Å². The third-order valence-electron chi connectivity index (χ3n) is 6.91. The van der Waals surface area contributed by atoms with Gasteiger partial charge in [-0.25, -0.2) is 4.79 Å². The number of hydrogen-bond acceptors (Lipinski definition) is 6. The Morgan fingerprint density at radius 1 is 1.02 bits per heavy atom. The standard InChI is InChI=1S/C31H33ClN4O3Si/c1-6-38-28-19-23-10-9-13-26(31(37)39-20(2)32)29(23)27(28)18-21-14-16-22(17-15-21)24-11-7-8-12-25(24)30-33-34-35-36(30)40(3,4)5/h7-17,19-20,27H,6,18H2,1-5H3. The number of aromatic nitrogens is 4. The molecule has 0 radical (unpaired) electrons. The first-order chi connectivity index (χ1) is 19.2. The average Bonchev–Trinajstić information content (AvgIpc) is 3.55. The Balaban J connectivity index is 1.47. The second kappa shape index (κ2) is 11.4.